The second kappa shape index (κ2) is 5.90. The zero-order valence-corrected chi connectivity index (χ0v) is 10.3. The van der Waals surface area contributed by atoms with Crippen molar-refractivity contribution in [1.29, 1.82) is 0 Å². The summed E-state index contributed by atoms with van der Waals surface area (Å²) in [5.41, 5.74) is -0.503. The van der Waals surface area contributed by atoms with Crippen molar-refractivity contribution in [3.8, 4) is 5.75 Å². The van der Waals surface area contributed by atoms with Gasteiger partial charge in [0.1, 0.15) is 23.7 Å². The van der Waals surface area contributed by atoms with Crippen molar-refractivity contribution in [2.45, 2.75) is 6.43 Å². The largest absolute Gasteiger partial charge is 0.487 e. The van der Waals surface area contributed by atoms with Crippen LogP contribution in [0.1, 0.15) is 10.4 Å². The SMILES string of the molecule is COC(=O)c1c(F)cc(Br)cc1OCC(F)F. The number of hydrogen-bond acceptors (Lipinski definition) is 3. The van der Waals surface area contributed by atoms with Gasteiger partial charge in [-0.25, -0.2) is 18.0 Å². The van der Waals surface area contributed by atoms with Gasteiger partial charge < -0.3 is 9.47 Å². The Hall–Kier alpha value is -1.24. The number of methoxy groups -OCH3 is 1. The lowest BCUT2D eigenvalue weighted by atomic mass is 10.2. The standard InChI is InChI=1S/C10H8BrF3O3/c1-16-10(15)9-6(12)2-5(11)3-7(9)17-4-8(13)14/h2-3,8H,4H2,1H3. The minimum absolute atomic E-state index is 0.270. The molecule has 0 aliphatic rings. The van der Waals surface area contributed by atoms with Gasteiger partial charge >= 0.3 is 5.97 Å². The monoisotopic (exact) mass is 312 g/mol. The van der Waals surface area contributed by atoms with Crippen molar-refractivity contribution in [1.82, 2.24) is 0 Å². The van der Waals surface area contributed by atoms with E-state index in [1.807, 2.05) is 0 Å². The molecule has 0 aromatic heterocycles. The van der Waals surface area contributed by atoms with E-state index in [0.717, 1.165) is 13.2 Å². The van der Waals surface area contributed by atoms with Gasteiger partial charge in [-0.1, -0.05) is 15.9 Å². The van der Waals surface area contributed by atoms with Crippen LogP contribution in [0, 0.1) is 5.82 Å². The summed E-state index contributed by atoms with van der Waals surface area (Å²) in [5.74, 6) is -2.18. The van der Waals surface area contributed by atoms with Crippen LogP contribution in [0.4, 0.5) is 13.2 Å². The topological polar surface area (TPSA) is 35.5 Å². The molecule has 0 N–H and O–H groups in total. The second-order valence-corrected chi connectivity index (χ2v) is 3.87. The van der Waals surface area contributed by atoms with Gasteiger partial charge in [-0.15, -0.1) is 0 Å². The Kier molecular flexibility index (Phi) is 4.80. The minimum atomic E-state index is -2.72. The van der Waals surface area contributed by atoms with Gasteiger partial charge in [0.05, 0.1) is 7.11 Å². The Morgan fingerprint density at radius 3 is 2.65 bits per heavy atom. The predicted molar refractivity (Wildman–Crippen MR) is 56.9 cm³/mol. The molecule has 0 aliphatic heterocycles. The minimum Gasteiger partial charge on any atom is -0.487 e. The van der Waals surface area contributed by atoms with E-state index >= 15 is 0 Å². The predicted octanol–water partition coefficient (Wildman–Crippen LogP) is 3.02. The number of carbonyl (C=O) groups is 1. The van der Waals surface area contributed by atoms with E-state index in [-0.39, 0.29) is 10.2 Å². The maximum atomic E-state index is 13.5. The van der Waals surface area contributed by atoms with Gasteiger partial charge in [-0.3, -0.25) is 0 Å². The van der Waals surface area contributed by atoms with E-state index in [0.29, 0.717) is 0 Å². The van der Waals surface area contributed by atoms with Crippen LogP contribution in [-0.2, 0) is 4.74 Å². The first-order valence-corrected chi connectivity index (χ1v) is 5.23. The van der Waals surface area contributed by atoms with Crippen LogP contribution in [-0.4, -0.2) is 26.1 Å². The lowest BCUT2D eigenvalue weighted by Gasteiger charge is -2.11. The fraction of sp³-hybridized carbons (Fsp3) is 0.300. The van der Waals surface area contributed by atoms with Crippen LogP contribution in [0.5, 0.6) is 5.75 Å². The van der Waals surface area contributed by atoms with Gasteiger partial charge in [0, 0.05) is 4.47 Å². The first-order chi connectivity index (χ1) is 7.95. The summed E-state index contributed by atoms with van der Waals surface area (Å²) in [4.78, 5) is 11.3. The van der Waals surface area contributed by atoms with Gasteiger partial charge in [0.25, 0.3) is 6.43 Å². The summed E-state index contributed by atoms with van der Waals surface area (Å²) in [6.07, 6.45) is -2.72. The molecule has 0 heterocycles. The summed E-state index contributed by atoms with van der Waals surface area (Å²) in [5, 5.41) is 0. The van der Waals surface area contributed by atoms with Gasteiger partial charge in [0.2, 0.25) is 0 Å². The van der Waals surface area contributed by atoms with Gasteiger partial charge in [-0.05, 0) is 12.1 Å². The van der Waals surface area contributed by atoms with Crippen LogP contribution in [0.15, 0.2) is 16.6 Å². The molecule has 1 aromatic rings. The molecule has 7 heteroatoms. The average molecular weight is 313 g/mol. The lowest BCUT2D eigenvalue weighted by Crippen LogP contribution is -2.12. The van der Waals surface area contributed by atoms with Crippen molar-refractivity contribution in [3.63, 3.8) is 0 Å². The Bertz CT molecular complexity index is 424. The van der Waals surface area contributed by atoms with E-state index < -0.39 is 30.4 Å². The first-order valence-electron chi connectivity index (χ1n) is 4.44. The molecule has 0 aliphatic carbocycles. The Morgan fingerprint density at radius 2 is 2.12 bits per heavy atom. The van der Waals surface area contributed by atoms with Crippen LogP contribution in [0.25, 0.3) is 0 Å². The molecular formula is C10H8BrF3O3. The highest BCUT2D eigenvalue weighted by Gasteiger charge is 2.20. The third kappa shape index (κ3) is 3.62. The van der Waals surface area contributed by atoms with Crippen LogP contribution < -0.4 is 4.74 Å². The van der Waals surface area contributed by atoms with Crippen molar-refractivity contribution in [2.24, 2.45) is 0 Å². The molecule has 0 radical (unpaired) electrons. The quantitative estimate of drug-likeness (QED) is 0.802. The average Bonchev–Trinajstić information content (AvgIpc) is 2.24. The summed E-state index contributed by atoms with van der Waals surface area (Å²) in [6.45, 7) is -0.931. The normalized spacial score (nSPS) is 10.5. The molecule has 0 saturated heterocycles. The number of benzene rings is 1. The molecular weight excluding hydrogens is 305 g/mol. The molecule has 1 rings (SSSR count). The molecule has 0 amide bonds. The third-order valence-corrected chi connectivity index (χ3v) is 2.23. The third-order valence-electron chi connectivity index (χ3n) is 1.77. The number of rotatable bonds is 4. The lowest BCUT2D eigenvalue weighted by molar-refractivity contribution is 0.0571. The first kappa shape index (κ1) is 13.8. The van der Waals surface area contributed by atoms with E-state index in [1.54, 1.807) is 0 Å². The molecule has 1 aromatic carbocycles. The van der Waals surface area contributed by atoms with Crippen molar-refractivity contribution < 1.29 is 27.4 Å². The zero-order valence-electron chi connectivity index (χ0n) is 8.68. The fourth-order valence-corrected chi connectivity index (χ4v) is 1.53. The summed E-state index contributed by atoms with van der Waals surface area (Å²) in [7, 11) is 1.06. The maximum Gasteiger partial charge on any atom is 0.344 e. The smallest absolute Gasteiger partial charge is 0.344 e. The molecule has 17 heavy (non-hydrogen) atoms. The van der Waals surface area contributed by atoms with Gasteiger partial charge in [0.15, 0.2) is 0 Å². The highest BCUT2D eigenvalue weighted by atomic mass is 79.9. The maximum absolute atomic E-state index is 13.5. The molecule has 0 unspecified atom stereocenters. The molecule has 0 fully saturated rings. The van der Waals surface area contributed by atoms with Crippen molar-refractivity contribution >= 4 is 21.9 Å². The number of esters is 1. The Balaban J connectivity index is 3.11. The summed E-state index contributed by atoms with van der Waals surface area (Å²) < 4.78 is 46.7. The van der Waals surface area contributed by atoms with Crippen LogP contribution in [0.2, 0.25) is 0 Å². The Morgan fingerprint density at radius 1 is 1.47 bits per heavy atom. The van der Waals surface area contributed by atoms with E-state index in [2.05, 4.69) is 25.4 Å². The van der Waals surface area contributed by atoms with Crippen LogP contribution >= 0.6 is 15.9 Å². The van der Waals surface area contributed by atoms with E-state index in [4.69, 9.17) is 0 Å². The van der Waals surface area contributed by atoms with Gasteiger partial charge in [-0.2, -0.15) is 0 Å². The van der Waals surface area contributed by atoms with Crippen LogP contribution in [0.3, 0.4) is 0 Å². The summed E-state index contributed by atoms with van der Waals surface area (Å²) in [6, 6.07) is 2.24. The van der Waals surface area contributed by atoms with Crippen molar-refractivity contribution in [3.05, 3.63) is 28.0 Å². The highest BCUT2D eigenvalue weighted by Crippen LogP contribution is 2.27. The fourth-order valence-electron chi connectivity index (χ4n) is 1.12. The molecule has 0 bridgehead atoms. The zero-order chi connectivity index (χ0) is 13.0. The number of hydrogen-bond donors (Lipinski definition) is 0. The highest BCUT2D eigenvalue weighted by molar-refractivity contribution is 9.10. The second-order valence-electron chi connectivity index (χ2n) is 2.95. The number of halogens is 4. The molecule has 3 nitrogen and oxygen atoms in total. The van der Waals surface area contributed by atoms with Crippen molar-refractivity contribution in [2.75, 3.05) is 13.7 Å². The molecule has 94 valence electrons. The Labute approximate surface area is 104 Å². The number of carbonyl (C=O) groups excluding carboxylic acids is 1. The number of ether oxygens (including phenoxy) is 2. The molecule has 0 saturated carbocycles. The molecule has 0 spiro atoms. The molecule has 0 atom stereocenters. The van der Waals surface area contributed by atoms with E-state index in [1.165, 1.54) is 6.07 Å². The summed E-state index contributed by atoms with van der Waals surface area (Å²) >= 11 is 2.97. The number of alkyl halides is 2. The van der Waals surface area contributed by atoms with E-state index in [9.17, 15) is 18.0 Å².